The minimum Gasteiger partial charge on any atom is -0.313 e. The number of nitrogens with one attached hydrogen (secondary N) is 1. The maximum Gasteiger partial charge on any atom is 0.0194 e. The zero-order valence-electron chi connectivity index (χ0n) is 11.0. The summed E-state index contributed by atoms with van der Waals surface area (Å²) in [7, 11) is 0. The molecule has 90 valence electrons. The van der Waals surface area contributed by atoms with Gasteiger partial charge in [0, 0.05) is 19.1 Å². The lowest BCUT2D eigenvalue weighted by Crippen LogP contribution is -2.40. The maximum absolute atomic E-state index is 3.66. The molecule has 0 aromatic rings. The third-order valence-corrected chi connectivity index (χ3v) is 2.90. The quantitative estimate of drug-likeness (QED) is 0.773. The van der Waals surface area contributed by atoms with Crippen LogP contribution in [-0.2, 0) is 0 Å². The van der Waals surface area contributed by atoms with E-state index >= 15 is 0 Å². The Balaban J connectivity index is 2.42. The van der Waals surface area contributed by atoms with E-state index in [0.717, 1.165) is 6.04 Å². The lowest BCUT2D eigenvalue weighted by Gasteiger charge is -2.30. The molecule has 1 saturated heterocycles. The summed E-state index contributed by atoms with van der Waals surface area (Å²) in [6.45, 7) is 14.2. The van der Waals surface area contributed by atoms with Gasteiger partial charge in [0.1, 0.15) is 0 Å². The third-order valence-electron chi connectivity index (χ3n) is 2.90. The Morgan fingerprint density at radius 3 is 2.67 bits per heavy atom. The first-order chi connectivity index (χ1) is 7.01. The second kappa shape index (κ2) is 5.86. The molecular formula is C13H28N2. The molecule has 0 aliphatic carbocycles. The predicted octanol–water partition coefficient (Wildman–Crippen LogP) is 2.50. The molecule has 1 aliphatic heterocycles. The lowest BCUT2D eigenvalue weighted by molar-refractivity contribution is 0.186. The molecule has 1 fully saturated rings. The van der Waals surface area contributed by atoms with Crippen molar-refractivity contribution in [1.29, 1.82) is 0 Å². The smallest absolute Gasteiger partial charge is 0.0194 e. The van der Waals surface area contributed by atoms with Gasteiger partial charge in [-0.1, -0.05) is 34.1 Å². The van der Waals surface area contributed by atoms with Crippen LogP contribution >= 0.6 is 0 Å². The molecule has 2 heteroatoms. The van der Waals surface area contributed by atoms with Crippen LogP contribution < -0.4 is 5.32 Å². The van der Waals surface area contributed by atoms with E-state index in [0.29, 0.717) is 5.41 Å². The van der Waals surface area contributed by atoms with Crippen LogP contribution in [0, 0.1) is 5.41 Å². The molecular weight excluding hydrogens is 184 g/mol. The molecule has 0 saturated carbocycles. The Hall–Kier alpha value is -0.0800. The van der Waals surface area contributed by atoms with E-state index in [4.69, 9.17) is 0 Å². The first-order valence-electron chi connectivity index (χ1n) is 6.47. The number of nitrogens with zero attached hydrogens (tertiary/aromatic N) is 1. The Labute approximate surface area is 95.4 Å². The third kappa shape index (κ3) is 5.53. The molecule has 0 aromatic carbocycles. The Morgan fingerprint density at radius 1 is 1.33 bits per heavy atom. The standard InChI is InChI=1S/C13H28N2/c1-5-7-12-10-15(9-6-8-14-12)11-13(2,3)4/h12,14H,5-11H2,1-4H3. The number of hydrogen-bond donors (Lipinski definition) is 1. The van der Waals surface area contributed by atoms with E-state index in [-0.39, 0.29) is 0 Å². The van der Waals surface area contributed by atoms with Gasteiger partial charge in [-0.25, -0.2) is 0 Å². The Kier molecular flexibility index (Phi) is 5.07. The average Bonchev–Trinajstić information content (AvgIpc) is 2.28. The molecule has 0 aromatic heterocycles. The van der Waals surface area contributed by atoms with Crippen molar-refractivity contribution in [2.24, 2.45) is 5.41 Å². The highest BCUT2D eigenvalue weighted by molar-refractivity contribution is 4.79. The largest absolute Gasteiger partial charge is 0.313 e. The van der Waals surface area contributed by atoms with Crippen LogP contribution in [0.15, 0.2) is 0 Å². The fourth-order valence-electron chi connectivity index (χ4n) is 2.43. The maximum atomic E-state index is 3.66. The minimum atomic E-state index is 0.432. The summed E-state index contributed by atoms with van der Waals surface area (Å²) in [5.41, 5.74) is 0.432. The van der Waals surface area contributed by atoms with Gasteiger partial charge in [-0.2, -0.15) is 0 Å². The van der Waals surface area contributed by atoms with Crippen LogP contribution in [0.3, 0.4) is 0 Å². The molecule has 15 heavy (non-hydrogen) atoms. The number of hydrogen-bond acceptors (Lipinski definition) is 2. The van der Waals surface area contributed by atoms with Crippen LogP contribution in [0.25, 0.3) is 0 Å². The highest BCUT2D eigenvalue weighted by Gasteiger charge is 2.21. The molecule has 1 rings (SSSR count). The van der Waals surface area contributed by atoms with Crippen LogP contribution in [0.2, 0.25) is 0 Å². The lowest BCUT2D eigenvalue weighted by atomic mass is 9.95. The van der Waals surface area contributed by atoms with Crippen LogP contribution in [-0.4, -0.2) is 37.1 Å². The van der Waals surface area contributed by atoms with Crippen LogP contribution in [0.1, 0.15) is 47.0 Å². The molecule has 0 bridgehead atoms. The van der Waals surface area contributed by atoms with E-state index in [2.05, 4.69) is 37.9 Å². The van der Waals surface area contributed by atoms with Gasteiger partial charge in [-0.15, -0.1) is 0 Å². The Bertz CT molecular complexity index is 172. The molecule has 1 aliphatic rings. The monoisotopic (exact) mass is 212 g/mol. The summed E-state index contributed by atoms with van der Waals surface area (Å²) in [5.74, 6) is 0. The summed E-state index contributed by atoms with van der Waals surface area (Å²) in [5, 5.41) is 3.66. The van der Waals surface area contributed by atoms with E-state index in [9.17, 15) is 0 Å². The molecule has 0 amide bonds. The summed E-state index contributed by atoms with van der Waals surface area (Å²) < 4.78 is 0. The van der Waals surface area contributed by atoms with Crippen molar-refractivity contribution in [3.63, 3.8) is 0 Å². The summed E-state index contributed by atoms with van der Waals surface area (Å²) >= 11 is 0. The van der Waals surface area contributed by atoms with Crippen molar-refractivity contribution >= 4 is 0 Å². The zero-order valence-corrected chi connectivity index (χ0v) is 11.0. The predicted molar refractivity (Wildman–Crippen MR) is 67.2 cm³/mol. The fourth-order valence-corrected chi connectivity index (χ4v) is 2.43. The molecule has 2 nitrogen and oxygen atoms in total. The second-order valence-electron chi connectivity index (χ2n) is 6.09. The van der Waals surface area contributed by atoms with Gasteiger partial charge in [0.05, 0.1) is 0 Å². The van der Waals surface area contributed by atoms with Crippen molar-refractivity contribution in [1.82, 2.24) is 10.2 Å². The van der Waals surface area contributed by atoms with Crippen molar-refractivity contribution < 1.29 is 0 Å². The SMILES string of the molecule is CCCC1CN(CC(C)(C)C)CCCN1. The summed E-state index contributed by atoms with van der Waals surface area (Å²) in [6, 6.07) is 0.722. The Morgan fingerprint density at radius 2 is 2.07 bits per heavy atom. The van der Waals surface area contributed by atoms with E-state index in [1.807, 2.05) is 0 Å². The summed E-state index contributed by atoms with van der Waals surface area (Å²) in [4.78, 5) is 2.64. The van der Waals surface area contributed by atoms with E-state index in [1.165, 1.54) is 45.4 Å². The first kappa shape index (κ1) is 13.0. The van der Waals surface area contributed by atoms with Crippen molar-refractivity contribution in [2.45, 2.75) is 53.0 Å². The zero-order chi connectivity index (χ0) is 11.3. The summed E-state index contributed by atoms with van der Waals surface area (Å²) in [6.07, 6.45) is 3.91. The van der Waals surface area contributed by atoms with Gasteiger partial charge < -0.3 is 10.2 Å². The van der Waals surface area contributed by atoms with Gasteiger partial charge in [-0.05, 0) is 31.3 Å². The van der Waals surface area contributed by atoms with E-state index < -0.39 is 0 Å². The van der Waals surface area contributed by atoms with Gasteiger partial charge in [-0.3, -0.25) is 0 Å². The average molecular weight is 212 g/mol. The second-order valence-corrected chi connectivity index (χ2v) is 6.09. The topological polar surface area (TPSA) is 15.3 Å². The minimum absolute atomic E-state index is 0.432. The molecule has 1 atom stereocenters. The van der Waals surface area contributed by atoms with Crippen molar-refractivity contribution in [3.8, 4) is 0 Å². The normalized spacial score (nSPS) is 25.2. The first-order valence-corrected chi connectivity index (χ1v) is 6.47. The van der Waals surface area contributed by atoms with Gasteiger partial charge >= 0.3 is 0 Å². The van der Waals surface area contributed by atoms with Gasteiger partial charge in [0.2, 0.25) is 0 Å². The van der Waals surface area contributed by atoms with Crippen LogP contribution in [0.4, 0.5) is 0 Å². The molecule has 1 N–H and O–H groups in total. The van der Waals surface area contributed by atoms with Gasteiger partial charge in [0.25, 0.3) is 0 Å². The molecule has 0 radical (unpaired) electrons. The van der Waals surface area contributed by atoms with Gasteiger partial charge in [0.15, 0.2) is 0 Å². The molecule has 0 spiro atoms. The highest BCUT2D eigenvalue weighted by atomic mass is 15.2. The highest BCUT2D eigenvalue weighted by Crippen LogP contribution is 2.17. The van der Waals surface area contributed by atoms with Crippen LogP contribution in [0.5, 0.6) is 0 Å². The fraction of sp³-hybridized carbons (Fsp3) is 1.00. The van der Waals surface area contributed by atoms with Crippen molar-refractivity contribution in [2.75, 3.05) is 26.2 Å². The molecule has 1 heterocycles. The molecule has 1 unspecified atom stereocenters. The number of rotatable bonds is 3. The van der Waals surface area contributed by atoms with Crippen molar-refractivity contribution in [3.05, 3.63) is 0 Å². The van der Waals surface area contributed by atoms with E-state index in [1.54, 1.807) is 0 Å².